The van der Waals surface area contributed by atoms with E-state index in [2.05, 4.69) is 46.9 Å². The first-order valence-electron chi connectivity index (χ1n) is 42.3. The summed E-state index contributed by atoms with van der Waals surface area (Å²) in [4.78, 5) is 137. The minimum atomic E-state index is -2.40. The quantitative estimate of drug-likeness (QED) is 0.0155. The maximum Gasteiger partial charge on any atom is 0.307 e. The van der Waals surface area contributed by atoms with Crippen molar-refractivity contribution in [1.82, 2.24) is 60.9 Å². The number of anilines is 3. The standard InChI is InChI=1S/C93H99N15O21/c1-88(2)121-55-73(124-88)79-91(82(112)94-46-58-19-13-10-14-20-58,85(115)106(79)67-28-34-70(118-7)35-29-67)127-76(109)40-25-64-52-103(100-97-64)49-61-43-62(50-104-53-65(98-101-104)26-41-77(110)128-92(83(113)95-47-59-21-15-11-16-22-59)80(74-56-122-89(3,4)125-74)107(86(92)116)68-30-36-71(119-8)37-31-68)45-63(44-61)51-105-54-66(99-102-105)27-42-78(111)129-93(84(114)96-48-60-23-17-12-18-24-60)81(75-57-123-90(5,6)126-75)108(87(93)117)69-32-38-72(120-9)39-33-69/h10-24,28-39,43-45,52-54,73-75,79-81H,25-27,40-42,46-51,55-57H2,1-9H3,(H,94,112)(H,95,113)(H,96,114)/t73-,74-,75-,79+,80+,81+,91+,92+,93+/m1/s1. The number of hydrogen-bond acceptors (Lipinski definition) is 27. The summed E-state index contributed by atoms with van der Waals surface area (Å²) in [7, 11) is 4.54. The highest BCUT2D eigenvalue weighted by Gasteiger charge is 2.76. The van der Waals surface area contributed by atoms with Crippen LogP contribution in [0.3, 0.4) is 0 Å². The van der Waals surface area contributed by atoms with E-state index in [4.69, 9.17) is 56.8 Å². The third-order valence-corrected chi connectivity index (χ3v) is 23.3. The van der Waals surface area contributed by atoms with E-state index in [-0.39, 0.29) is 97.6 Å². The van der Waals surface area contributed by atoms with Crippen LogP contribution in [0.4, 0.5) is 17.1 Å². The molecule has 0 unspecified atom stereocenters. The molecule has 36 nitrogen and oxygen atoms in total. The van der Waals surface area contributed by atoms with Crippen molar-refractivity contribution in [2.45, 2.75) is 190 Å². The molecule has 129 heavy (non-hydrogen) atoms. The molecule has 0 bridgehead atoms. The van der Waals surface area contributed by atoms with Crippen LogP contribution >= 0.6 is 0 Å². The SMILES string of the molecule is COc1ccc(N2C(=O)[C@@](OC(=O)CCc3cn(Cc4cc(Cn5cc(CCC(=O)O[C@@]6(C(=O)NCc7ccccc7)C(=O)N(c7ccc(OC)cc7)[C@H]6[C@H]6COC(C)(C)O6)nn5)cc(Cn5cc(CCC(=O)O[C@@]6(C(=O)NCc7ccccc7)C(=O)N(c7ccc(OC)cc7)[C@H]6[C@H]6COC(C)(C)O6)nn5)c4)nn3)(C(=O)NCc3ccccc3)[C@@H]2[C@H]2COC(C)(C)O2)cc1. The molecule has 6 aliphatic rings. The third kappa shape index (κ3) is 18.8. The molecule has 6 fully saturated rings. The Labute approximate surface area is 741 Å². The largest absolute Gasteiger partial charge is 0.497 e. The Bertz CT molecular complexity index is 5210. The van der Waals surface area contributed by atoms with Crippen molar-refractivity contribution in [3.05, 3.63) is 251 Å². The summed E-state index contributed by atoms with van der Waals surface area (Å²) in [5.74, 6) is -9.37. The molecule has 3 N–H and O–H groups in total. The maximum atomic E-state index is 14.9. The Hall–Kier alpha value is -13.7. The lowest BCUT2D eigenvalue weighted by atomic mass is 9.76. The average molecular weight is 1760 g/mol. The van der Waals surface area contributed by atoms with Crippen molar-refractivity contribution < 1.29 is 100.0 Å². The fourth-order valence-corrected chi connectivity index (χ4v) is 17.1. The number of benzene rings is 7. The molecule has 0 spiro atoms. The number of aromatic nitrogens is 9. The van der Waals surface area contributed by atoms with Crippen LogP contribution in [0.1, 0.15) is 111 Å². The number of nitrogens with zero attached hydrogens (tertiary/aromatic N) is 12. The predicted molar refractivity (Wildman–Crippen MR) is 458 cm³/mol. The first-order chi connectivity index (χ1) is 62.0. The maximum absolute atomic E-state index is 14.9. The van der Waals surface area contributed by atoms with Gasteiger partial charge in [-0.2, -0.15) is 0 Å². The lowest BCUT2D eigenvalue weighted by Gasteiger charge is -2.54. The highest BCUT2D eigenvalue weighted by atomic mass is 16.8. The summed E-state index contributed by atoms with van der Waals surface area (Å²) in [6.45, 7) is 10.5. The molecule has 6 aliphatic heterocycles. The Morgan fingerprint density at radius 2 is 0.620 bits per heavy atom. The van der Waals surface area contributed by atoms with E-state index in [9.17, 15) is 43.2 Å². The number of ether oxygens (including phenoxy) is 12. The molecule has 16 rings (SSSR count). The number of carbonyl (C=O) groups is 9. The number of amides is 6. The van der Waals surface area contributed by atoms with E-state index in [0.29, 0.717) is 68.1 Å². The summed E-state index contributed by atoms with van der Waals surface area (Å²) < 4.78 is 76.7. The van der Waals surface area contributed by atoms with E-state index >= 15 is 0 Å². The number of carbonyl (C=O) groups excluding carboxylic acids is 9. The molecule has 3 aromatic heterocycles. The van der Waals surface area contributed by atoms with Crippen molar-refractivity contribution in [1.29, 1.82) is 0 Å². The first-order valence-corrected chi connectivity index (χ1v) is 42.3. The van der Waals surface area contributed by atoms with Crippen LogP contribution < -0.4 is 44.9 Å². The number of hydrogen-bond donors (Lipinski definition) is 3. The second-order valence-electron chi connectivity index (χ2n) is 33.6. The topological polar surface area (TPSA) is 402 Å². The van der Waals surface area contributed by atoms with Crippen molar-refractivity contribution in [3.63, 3.8) is 0 Å². The summed E-state index contributed by atoms with van der Waals surface area (Å²) in [6.07, 6.45) is 1.05. The molecule has 0 radical (unpaired) electrons. The summed E-state index contributed by atoms with van der Waals surface area (Å²) in [5.41, 5.74) is -0.610. The van der Waals surface area contributed by atoms with E-state index in [0.717, 1.165) is 16.7 Å². The van der Waals surface area contributed by atoms with E-state index in [1.165, 1.54) is 36.0 Å². The zero-order chi connectivity index (χ0) is 90.6. The van der Waals surface area contributed by atoms with Crippen LogP contribution in [0, 0.1) is 0 Å². The second-order valence-corrected chi connectivity index (χ2v) is 33.6. The van der Waals surface area contributed by atoms with Gasteiger partial charge in [0.2, 0.25) is 0 Å². The predicted octanol–water partition coefficient (Wildman–Crippen LogP) is 6.93. The second kappa shape index (κ2) is 37.0. The minimum Gasteiger partial charge on any atom is -0.497 e. The summed E-state index contributed by atoms with van der Waals surface area (Å²) in [5, 5.41) is 35.3. The zero-order valence-electron chi connectivity index (χ0n) is 72.6. The Balaban J connectivity index is 0.643. The molecule has 9 atom stereocenters. The average Bonchev–Trinajstić information content (AvgIpc) is 1.68. The highest BCUT2D eigenvalue weighted by molar-refractivity contribution is 6.25. The number of nitrogens with one attached hydrogen (secondary N) is 3. The zero-order valence-corrected chi connectivity index (χ0v) is 72.6. The minimum absolute atomic E-state index is 0.00798. The van der Waals surface area contributed by atoms with Crippen molar-refractivity contribution in [3.8, 4) is 17.2 Å². The fraction of sp³-hybridized carbons (Fsp3) is 0.387. The van der Waals surface area contributed by atoms with Crippen LogP contribution in [0.15, 0.2) is 201 Å². The van der Waals surface area contributed by atoms with Gasteiger partial charge >= 0.3 is 17.9 Å². The van der Waals surface area contributed by atoms with Gasteiger partial charge in [-0.3, -0.25) is 57.9 Å². The fourth-order valence-electron chi connectivity index (χ4n) is 17.1. The molecule has 36 heteroatoms. The summed E-state index contributed by atoms with van der Waals surface area (Å²) in [6, 6.07) is 49.4. The molecule has 9 heterocycles. The Kier molecular flexibility index (Phi) is 25.4. The molecule has 7 aromatic carbocycles. The first kappa shape index (κ1) is 88.8. The molecular weight excluding hydrogens is 1660 g/mol. The van der Waals surface area contributed by atoms with Crippen LogP contribution in [-0.4, -0.2) is 210 Å². The van der Waals surface area contributed by atoms with Gasteiger partial charge in [0.05, 0.1) is 97.1 Å². The van der Waals surface area contributed by atoms with Crippen molar-refractivity contribution in [2.24, 2.45) is 0 Å². The molecule has 672 valence electrons. The van der Waals surface area contributed by atoms with Gasteiger partial charge in [-0.25, -0.2) is 14.0 Å². The summed E-state index contributed by atoms with van der Waals surface area (Å²) >= 11 is 0. The molecular formula is C93H99N15O21. The van der Waals surface area contributed by atoms with Crippen LogP contribution in [0.2, 0.25) is 0 Å². The molecule has 0 saturated carbocycles. The number of methoxy groups -OCH3 is 3. The molecule has 6 amide bonds. The van der Waals surface area contributed by atoms with Crippen molar-refractivity contribution in [2.75, 3.05) is 55.8 Å². The monoisotopic (exact) mass is 1760 g/mol. The smallest absolute Gasteiger partial charge is 0.307 e. The third-order valence-electron chi connectivity index (χ3n) is 23.3. The van der Waals surface area contributed by atoms with E-state index < -0.39 is 124 Å². The van der Waals surface area contributed by atoms with Crippen LogP contribution in [0.25, 0.3) is 0 Å². The Morgan fingerprint density at radius 3 is 0.853 bits per heavy atom. The van der Waals surface area contributed by atoms with Gasteiger partial charge in [0.25, 0.3) is 52.2 Å². The van der Waals surface area contributed by atoms with Crippen LogP contribution in [0.5, 0.6) is 17.2 Å². The number of esters is 3. The van der Waals surface area contributed by atoms with Gasteiger partial charge < -0.3 is 72.8 Å². The van der Waals surface area contributed by atoms with Gasteiger partial charge in [0.1, 0.15) is 53.7 Å². The van der Waals surface area contributed by atoms with Gasteiger partial charge in [0.15, 0.2) is 17.4 Å². The number of β-lactam (4-membered cyclic amide) rings is 3. The lowest BCUT2D eigenvalue weighted by molar-refractivity contribution is -0.196. The van der Waals surface area contributed by atoms with Gasteiger partial charge in [-0.05, 0) is 148 Å². The van der Waals surface area contributed by atoms with Crippen molar-refractivity contribution >= 4 is 70.4 Å². The van der Waals surface area contributed by atoms with E-state index in [1.807, 2.05) is 109 Å². The van der Waals surface area contributed by atoms with Crippen LogP contribution in [-0.2, 0) is 144 Å². The lowest BCUT2D eigenvalue weighted by Crippen LogP contribution is -2.83. The van der Waals surface area contributed by atoms with Gasteiger partial charge in [-0.15, -0.1) is 15.3 Å². The molecule has 6 saturated heterocycles. The molecule has 0 aliphatic carbocycles. The number of rotatable bonds is 36. The molecule has 10 aromatic rings. The highest BCUT2D eigenvalue weighted by Crippen LogP contribution is 2.49. The van der Waals surface area contributed by atoms with Gasteiger partial charge in [0, 0.05) is 74.5 Å². The Morgan fingerprint density at radius 1 is 0.364 bits per heavy atom. The van der Waals surface area contributed by atoms with Gasteiger partial charge in [-0.1, -0.05) is 125 Å². The normalized spacial score (nSPS) is 22.9. The van der Waals surface area contributed by atoms with E-state index in [1.54, 1.807) is 147 Å². The number of aryl methyl sites for hydroxylation is 3.